The fraction of sp³-hybridized carbons (Fsp3) is 0.400. The maximum absolute atomic E-state index is 7.62. The lowest BCUT2D eigenvalue weighted by Crippen LogP contribution is -1.89. The first-order valence-electron chi connectivity index (χ1n) is 4.24. The second kappa shape index (κ2) is 9.03. The van der Waals surface area contributed by atoms with Gasteiger partial charge in [-0.25, -0.2) is 0 Å². The van der Waals surface area contributed by atoms with E-state index in [9.17, 15) is 0 Å². The molecule has 74 valence electrons. The van der Waals surface area contributed by atoms with Gasteiger partial charge in [-0.15, -0.1) is 0 Å². The van der Waals surface area contributed by atoms with Gasteiger partial charge in [-0.1, -0.05) is 18.2 Å². The molecule has 3 heteroatoms. The molecule has 0 fully saturated rings. The van der Waals surface area contributed by atoms with Crippen LogP contribution in [0.15, 0.2) is 30.3 Å². The maximum Gasteiger partial charge on any atom is 0.119 e. The molecule has 1 aromatic carbocycles. The molecule has 0 aliphatic rings. The van der Waals surface area contributed by atoms with E-state index < -0.39 is 0 Å². The normalized spacial score (nSPS) is 8.54. The van der Waals surface area contributed by atoms with Crippen molar-refractivity contribution in [2.24, 2.45) is 0 Å². The van der Waals surface area contributed by atoms with Crippen LogP contribution in [0.4, 0.5) is 0 Å². The third-order valence-electron chi connectivity index (χ3n) is 1.15. The largest absolute Gasteiger partial charge is 0.494 e. The molecule has 0 aliphatic heterocycles. The summed E-state index contributed by atoms with van der Waals surface area (Å²) in [5, 5.41) is 15.2. The first-order chi connectivity index (χ1) is 6.35. The average molecular weight is 184 g/mol. The zero-order valence-electron chi connectivity index (χ0n) is 7.81. The number of aliphatic hydroxyl groups excluding tert-OH is 2. The Labute approximate surface area is 78.6 Å². The molecule has 0 saturated heterocycles. The second-order valence-electron chi connectivity index (χ2n) is 2.19. The number of hydrogen-bond acceptors (Lipinski definition) is 3. The van der Waals surface area contributed by atoms with Crippen LogP contribution in [0.5, 0.6) is 5.75 Å². The molecule has 3 nitrogen and oxygen atoms in total. The number of hydrogen-bond donors (Lipinski definition) is 2. The Hall–Kier alpha value is -1.06. The molecule has 0 saturated carbocycles. The van der Waals surface area contributed by atoms with Crippen LogP contribution in [0, 0.1) is 0 Å². The van der Waals surface area contributed by atoms with Gasteiger partial charge in [-0.3, -0.25) is 0 Å². The van der Waals surface area contributed by atoms with Crippen LogP contribution in [0.3, 0.4) is 0 Å². The van der Waals surface area contributed by atoms with E-state index in [2.05, 4.69) is 0 Å². The quantitative estimate of drug-likeness (QED) is 0.738. The van der Waals surface area contributed by atoms with Gasteiger partial charge < -0.3 is 14.9 Å². The van der Waals surface area contributed by atoms with Crippen LogP contribution in [-0.4, -0.2) is 30.0 Å². The first kappa shape index (κ1) is 11.9. The fourth-order valence-corrected chi connectivity index (χ4v) is 0.683. The number of rotatable bonds is 3. The molecule has 1 rings (SSSR count). The van der Waals surface area contributed by atoms with Crippen LogP contribution in [0.2, 0.25) is 0 Å². The summed E-state index contributed by atoms with van der Waals surface area (Å²) in [4.78, 5) is 0. The molecule has 0 aliphatic carbocycles. The molecular weight excluding hydrogens is 168 g/mol. The van der Waals surface area contributed by atoms with E-state index in [0.29, 0.717) is 0 Å². The maximum atomic E-state index is 7.62. The molecule has 0 radical (unpaired) electrons. The molecule has 1 aromatic rings. The fourth-order valence-electron chi connectivity index (χ4n) is 0.683. The van der Waals surface area contributed by atoms with E-state index >= 15 is 0 Å². The van der Waals surface area contributed by atoms with Crippen molar-refractivity contribution >= 4 is 0 Å². The van der Waals surface area contributed by atoms with Crippen molar-refractivity contribution in [2.45, 2.75) is 6.92 Å². The highest BCUT2D eigenvalue weighted by Gasteiger charge is 1.83. The summed E-state index contributed by atoms with van der Waals surface area (Å²) in [6.07, 6.45) is 0. The van der Waals surface area contributed by atoms with E-state index in [-0.39, 0.29) is 13.2 Å². The number of ether oxygens (including phenoxy) is 1. The van der Waals surface area contributed by atoms with E-state index in [1.54, 1.807) is 0 Å². The van der Waals surface area contributed by atoms with E-state index in [1.807, 2.05) is 37.3 Å². The highest BCUT2D eigenvalue weighted by molar-refractivity contribution is 5.20. The van der Waals surface area contributed by atoms with Crippen LogP contribution >= 0.6 is 0 Å². The third-order valence-corrected chi connectivity index (χ3v) is 1.15. The molecule has 0 amide bonds. The summed E-state index contributed by atoms with van der Waals surface area (Å²) in [6, 6.07) is 9.80. The van der Waals surface area contributed by atoms with Crippen molar-refractivity contribution in [3.05, 3.63) is 30.3 Å². The summed E-state index contributed by atoms with van der Waals surface area (Å²) in [5.74, 6) is 0.944. The zero-order valence-corrected chi connectivity index (χ0v) is 7.81. The highest BCUT2D eigenvalue weighted by Crippen LogP contribution is 2.06. The summed E-state index contributed by atoms with van der Waals surface area (Å²) in [5.41, 5.74) is 0. The van der Waals surface area contributed by atoms with Crippen LogP contribution in [0.1, 0.15) is 6.92 Å². The molecule has 0 bridgehead atoms. The Bertz CT molecular complexity index is 185. The molecule has 0 heterocycles. The summed E-state index contributed by atoms with van der Waals surface area (Å²) in [7, 11) is 0. The van der Waals surface area contributed by atoms with Crippen molar-refractivity contribution < 1.29 is 14.9 Å². The van der Waals surface area contributed by atoms with Crippen LogP contribution in [-0.2, 0) is 0 Å². The SMILES string of the molecule is CCOc1ccccc1.OCCO. The third kappa shape index (κ3) is 7.31. The van der Waals surface area contributed by atoms with E-state index in [1.165, 1.54) is 0 Å². The lowest BCUT2D eigenvalue weighted by Gasteiger charge is -1.99. The number of aliphatic hydroxyl groups is 2. The number of para-hydroxylation sites is 1. The van der Waals surface area contributed by atoms with Gasteiger partial charge in [0.2, 0.25) is 0 Å². The minimum absolute atomic E-state index is 0.125. The molecule has 2 N–H and O–H groups in total. The lowest BCUT2D eigenvalue weighted by atomic mass is 10.3. The molecule has 0 spiro atoms. The molecule has 0 atom stereocenters. The van der Waals surface area contributed by atoms with Gasteiger partial charge >= 0.3 is 0 Å². The topological polar surface area (TPSA) is 49.7 Å². The highest BCUT2D eigenvalue weighted by atomic mass is 16.5. The van der Waals surface area contributed by atoms with E-state index in [0.717, 1.165) is 12.4 Å². The Balaban J connectivity index is 0.000000310. The van der Waals surface area contributed by atoms with Gasteiger partial charge in [-0.05, 0) is 19.1 Å². The van der Waals surface area contributed by atoms with Crippen molar-refractivity contribution in [3.8, 4) is 5.75 Å². The Morgan fingerprint density at radius 3 is 2.00 bits per heavy atom. The minimum Gasteiger partial charge on any atom is -0.494 e. The van der Waals surface area contributed by atoms with Gasteiger partial charge in [-0.2, -0.15) is 0 Å². The molecular formula is C10H16O3. The predicted molar refractivity (Wildman–Crippen MR) is 51.8 cm³/mol. The first-order valence-corrected chi connectivity index (χ1v) is 4.24. The average Bonchev–Trinajstić information content (AvgIpc) is 2.20. The second-order valence-corrected chi connectivity index (χ2v) is 2.19. The molecule has 0 aromatic heterocycles. The van der Waals surface area contributed by atoms with Crippen molar-refractivity contribution in [1.29, 1.82) is 0 Å². The summed E-state index contributed by atoms with van der Waals surface area (Å²) in [6.45, 7) is 2.47. The minimum atomic E-state index is -0.125. The van der Waals surface area contributed by atoms with Crippen molar-refractivity contribution in [3.63, 3.8) is 0 Å². The molecule has 0 unspecified atom stereocenters. The molecule has 13 heavy (non-hydrogen) atoms. The van der Waals surface area contributed by atoms with Gasteiger partial charge in [0.05, 0.1) is 19.8 Å². The van der Waals surface area contributed by atoms with Gasteiger partial charge in [0, 0.05) is 0 Å². The van der Waals surface area contributed by atoms with Crippen LogP contribution < -0.4 is 4.74 Å². The summed E-state index contributed by atoms with van der Waals surface area (Å²) >= 11 is 0. The van der Waals surface area contributed by atoms with Gasteiger partial charge in [0.15, 0.2) is 0 Å². The Morgan fingerprint density at radius 2 is 1.62 bits per heavy atom. The number of benzene rings is 1. The lowest BCUT2D eigenvalue weighted by molar-refractivity contribution is 0.186. The predicted octanol–water partition coefficient (Wildman–Crippen LogP) is 1.06. The van der Waals surface area contributed by atoms with Gasteiger partial charge in [0.25, 0.3) is 0 Å². The Morgan fingerprint density at radius 1 is 1.08 bits per heavy atom. The van der Waals surface area contributed by atoms with Crippen molar-refractivity contribution in [1.82, 2.24) is 0 Å². The van der Waals surface area contributed by atoms with Crippen LogP contribution in [0.25, 0.3) is 0 Å². The monoisotopic (exact) mass is 184 g/mol. The smallest absolute Gasteiger partial charge is 0.119 e. The summed E-state index contributed by atoms with van der Waals surface area (Å²) < 4.78 is 5.21. The van der Waals surface area contributed by atoms with Gasteiger partial charge in [0.1, 0.15) is 5.75 Å². The van der Waals surface area contributed by atoms with Crippen molar-refractivity contribution in [2.75, 3.05) is 19.8 Å². The Kier molecular flexibility index (Phi) is 8.30. The van der Waals surface area contributed by atoms with E-state index in [4.69, 9.17) is 14.9 Å². The standard InChI is InChI=1S/C8H10O.C2H6O2/c1-2-9-8-6-4-3-5-7-8;3-1-2-4/h3-7H,2H2,1H3;3-4H,1-2H2. The zero-order chi connectivity index (χ0) is 9.94.